The summed E-state index contributed by atoms with van der Waals surface area (Å²) in [7, 11) is 1.78. The Morgan fingerprint density at radius 3 is 2.15 bits per heavy atom. The third kappa shape index (κ3) is 3.41. The number of nitrogens with one attached hydrogen (secondary N) is 1. The van der Waals surface area contributed by atoms with Gasteiger partial charge in [-0.1, -0.05) is 40.2 Å². The van der Waals surface area contributed by atoms with Gasteiger partial charge in [0.05, 0.1) is 11.6 Å². The van der Waals surface area contributed by atoms with E-state index in [1.807, 2.05) is 24.3 Å². The molecule has 106 valence electrons. The molecule has 0 saturated carbocycles. The van der Waals surface area contributed by atoms with Crippen LogP contribution >= 0.6 is 15.9 Å². The van der Waals surface area contributed by atoms with Gasteiger partial charge in [-0.15, -0.1) is 0 Å². The summed E-state index contributed by atoms with van der Waals surface area (Å²) in [6.07, 6.45) is -4.30. The van der Waals surface area contributed by atoms with E-state index in [4.69, 9.17) is 0 Å². The predicted molar refractivity (Wildman–Crippen MR) is 76.5 cm³/mol. The molecule has 0 heterocycles. The van der Waals surface area contributed by atoms with E-state index in [1.54, 1.807) is 7.05 Å². The van der Waals surface area contributed by atoms with E-state index in [-0.39, 0.29) is 6.04 Å². The third-order valence-electron chi connectivity index (χ3n) is 3.04. The lowest BCUT2D eigenvalue weighted by molar-refractivity contribution is -0.137. The summed E-state index contributed by atoms with van der Waals surface area (Å²) < 4.78 is 38.6. The molecule has 0 amide bonds. The van der Waals surface area contributed by atoms with Crippen LogP contribution in [0, 0.1) is 0 Å². The maximum absolute atomic E-state index is 12.6. The van der Waals surface area contributed by atoms with Crippen molar-refractivity contribution in [3.8, 4) is 0 Å². The van der Waals surface area contributed by atoms with Crippen molar-refractivity contribution in [2.75, 3.05) is 7.05 Å². The fourth-order valence-electron chi connectivity index (χ4n) is 2.08. The molecule has 0 aliphatic heterocycles. The lowest BCUT2D eigenvalue weighted by Gasteiger charge is -2.18. The van der Waals surface area contributed by atoms with Gasteiger partial charge < -0.3 is 5.32 Å². The molecule has 0 fully saturated rings. The highest BCUT2D eigenvalue weighted by Crippen LogP contribution is 2.31. The highest BCUT2D eigenvalue weighted by atomic mass is 79.9. The lowest BCUT2D eigenvalue weighted by Crippen LogP contribution is -2.18. The number of hydrogen-bond acceptors (Lipinski definition) is 1. The predicted octanol–water partition coefficient (Wildman–Crippen LogP) is 4.78. The maximum Gasteiger partial charge on any atom is 0.416 e. The van der Waals surface area contributed by atoms with Gasteiger partial charge in [-0.05, 0) is 42.4 Å². The van der Waals surface area contributed by atoms with E-state index in [2.05, 4.69) is 21.2 Å². The zero-order valence-electron chi connectivity index (χ0n) is 10.7. The molecule has 0 bridgehead atoms. The number of alkyl halides is 3. The molecule has 0 aliphatic rings. The summed E-state index contributed by atoms with van der Waals surface area (Å²) >= 11 is 3.39. The molecule has 2 aromatic carbocycles. The van der Waals surface area contributed by atoms with Crippen LogP contribution in [0.25, 0.3) is 0 Å². The topological polar surface area (TPSA) is 12.0 Å². The lowest BCUT2D eigenvalue weighted by atomic mass is 9.98. The van der Waals surface area contributed by atoms with Crippen LogP contribution in [-0.4, -0.2) is 7.05 Å². The number of halogens is 4. The molecule has 2 aromatic rings. The first-order valence-corrected chi connectivity index (χ1v) is 6.81. The second kappa shape index (κ2) is 5.97. The van der Waals surface area contributed by atoms with Crippen LogP contribution < -0.4 is 5.32 Å². The van der Waals surface area contributed by atoms with Crippen LogP contribution in [0.4, 0.5) is 13.2 Å². The van der Waals surface area contributed by atoms with Crippen LogP contribution in [0.1, 0.15) is 22.7 Å². The Kier molecular flexibility index (Phi) is 4.50. The van der Waals surface area contributed by atoms with E-state index in [0.717, 1.165) is 27.7 Å². The molecule has 0 saturated heterocycles. The Morgan fingerprint density at radius 2 is 1.65 bits per heavy atom. The molecular formula is C15H13BrF3N. The normalized spacial score (nSPS) is 13.2. The second-order valence-corrected chi connectivity index (χ2v) is 5.31. The maximum atomic E-state index is 12.6. The van der Waals surface area contributed by atoms with Crippen molar-refractivity contribution in [1.82, 2.24) is 5.32 Å². The monoisotopic (exact) mass is 343 g/mol. The van der Waals surface area contributed by atoms with E-state index in [1.165, 1.54) is 12.1 Å². The Balaban J connectivity index is 2.33. The molecule has 0 spiro atoms. The Labute approximate surface area is 123 Å². The average molecular weight is 344 g/mol. The molecule has 0 radical (unpaired) electrons. The van der Waals surface area contributed by atoms with Gasteiger partial charge in [-0.2, -0.15) is 13.2 Å². The molecular weight excluding hydrogens is 331 g/mol. The Bertz CT molecular complexity index is 578. The minimum absolute atomic E-state index is 0.144. The van der Waals surface area contributed by atoms with Crippen molar-refractivity contribution in [2.24, 2.45) is 0 Å². The quantitative estimate of drug-likeness (QED) is 0.845. The largest absolute Gasteiger partial charge is 0.416 e. The van der Waals surface area contributed by atoms with Gasteiger partial charge in [0.25, 0.3) is 0 Å². The van der Waals surface area contributed by atoms with Crippen molar-refractivity contribution in [3.05, 3.63) is 69.7 Å². The summed E-state index contributed by atoms with van der Waals surface area (Å²) in [6, 6.07) is 12.8. The fraction of sp³-hybridized carbons (Fsp3) is 0.200. The number of benzene rings is 2. The first-order chi connectivity index (χ1) is 9.41. The number of hydrogen-bond donors (Lipinski definition) is 1. The van der Waals surface area contributed by atoms with Gasteiger partial charge in [0.1, 0.15) is 0 Å². The highest BCUT2D eigenvalue weighted by Gasteiger charge is 2.30. The smallest absolute Gasteiger partial charge is 0.309 e. The van der Waals surface area contributed by atoms with Crippen LogP contribution in [0.15, 0.2) is 53.0 Å². The molecule has 0 aromatic heterocycles. The summed E-state index contributed by atoms with van der Waals surface area (Å²) in [5.41, 5.74) is 1.14. The van der Waals surface area contributed by atoms with Crippen molar-refractivity contribution < 1.29 is 13.2 Å². The minimum Gasteiger partial charge on any atom is -0.309 e. The highest BCUT2D eigenvalue weighted by molar-refractivity contribution is 9.10. The van der Waals surface area contributed by atoms with Crippen molar-refractivity contribution in [1.29, 1.82) is 0 Å². The first kappa shape index (κ1) is 15.1. The van der Waals surface area contributed by atoms with E-state index in [0.29, 0.717) is 0 Å². The zero-order valence-corrected chi connectivity index (χ0v) is 12.3. The molecule has 1 nitrogen and oxygen atoms in total. The van der Waals surface area contributed by atoms with E-state index >= 15 is 0 Å². The Morgan fingerprint density at radius 1 is 1.00 bits per heavy atom. The number of rotatable bonds is 3. The molecule has 2 rings (SSSR count). The van der Waals surface area contributed by atoms with Gasteiger partial charge in [0, 0.05) is 4.47 Å². The van der Waals surface area contributed by atoms with Crippen molar-refractivity contribution in [3.63, 3.8) is 0 Å². The van der Waals surface area contributed by atoms with Gasteiger partial charge in [-0.25, -0.2) is 0 Å². The minimum atomic E-state index is -4.30. The van der Waals surface area contributed by atoms with Gasteiger partial charge in [0.2, 0.25) is 0 Å². The summed E-state index contributed by atoms with van der Waals surface area (Å²) in [5, 5.41) is 3.12. The standard InChI is InChI=1S/C15H13BrF3N/c1-20-14(11-3-2-4-13(16)9-11)10-5-7-12(8-6-10)15(17,18)19/h2-9,14,20H,1H3. The molecule has 20 heavy (non-hydrogen) atoms. The van der Waals surface area contributed by atoms with Gasteiger partial charge in [0.15, 0.2) is 0 Å². The SMILES string of the molecule is CNC(c1ccc(C(F)(F)F)cc1)c1cccc(Br)c1. The summed E-state index contributed by atoms with van der Waals surface area (Å²) in [4.78, 5) is 0. The molecule has 1 unspecified atom stereocenters. The fourth-order valence-corrected chi connectivity index (χ4v) is 2.49. The molecule has 0 aliphatic carbocycles. The van der Waals surface area contributed by atoms with Crippen molar-refractivity contribution in [2.45, 2.75) is 12.2 Å². The second-order valence-electron chi connectivity index (χ2n) is 4.40. The van der Waals surface area contributed by atoms with Crippen LogP contribution in [0.5, 0.6) is 0 Å². The van der Waals surface area contributed by atoms with Crippen LogP contribution in [0.2, 0.25) is 0 Å². The van der Waals surface area contributed by atoms with Gasteiger partial charge >= 0.3 is 6.18 Å². The van der Waals surface area contributed by atoms with Crippen LogP contribution in [-0.2, 0) is 6.18 Å². The summed E-state index contributed by atoms with van der Waals surface area (Å²) in [6.45, 7) is 0. The molecule has 1 atom stereocenters. The first-order valence-electron chi connectivity index (χ1n) is 6.01. The average Bonchev–Trinajstić information content (AvgIpc) is 2.39. The molecule has 1 N–H and O–H groups in total. The third-order valence-corrected chi connectivity index (χ3v) is 3.54. The van der Waals surface area contributed by atoms with E-state index in [9.17, 15) is 13.2 Å². The molecule has 5 heteroatoms. The van der Waals surface area contributed by atoms with Gasteiger partial charge in [-0.3, -0.25) is 0 Å². The van der Waals surface area contributed by atoms with Crippen molar-refractivity contribution >= 4 is 15.9 Å². The van der Waals surface area contributed by atoms with Crippen LogP contribution in [0.3, 0.4) is 0 Å². The van der Waals surface area contributed by atoms with E-state index < -0.39 is 11.7 Å². The zero-order chi connectivity index (χ0) is 14.8. The summed E-state index contributed by atoms with van der Waals surface area (Å²) in [5.74, 6) is 0. The Hall–Kier alpha value is -1.33.